The fraction of sp³-hybridized carbons (Fsp3) is 0.100. The Bertz CT molecular complexity index is 587. The van der Waals surface area contributed by atoms with Gasteiger partial charge in [-0.1, -0.05) is 0 Å². The van der Waals surface area contributed by atoms with Crippen LogP contribution >= 0.6 is 11.3 Å². The Balaban J connectivity index is 2.19. The number of nitrogens with zero attached hydrogens (tertiary/aromatic N) is 2. The third kappa shape index (κ3) is 2.60. The second-order valence-electron chi connectivity index (χ2n) is 3.40. The molecule has 0 radical (unpaired) electrons. The molecule has 18 heavy (non-hydrogen) atoms. The number of aromatic nitrogens is 1. The number of benzene rings is 1. The standard InChI is InChI=1S/C10H9FN4O2S/c11-8-3-6(1-2-9(8)15(16)17)13-10-14-7(4-12)5-18-10/h1-3,5H,4,12H2,(H,13,14). The van der Waals surface area contributed by atoms with Gasteiger partial charge in [-0.25, -0.2) is 4.98 Å². The Labute approximate surface area is 105 Å². The van der Waals surface area contributed by atoms with Crippen LogP contribution in [0.15, 0.2) is 23.6 Å². The van der Waals surface area contributed by atoms with Gasteiger partial charge in [0.15, 0.2) is 5.13 Å². The Kier molecular flexibility index (Phi) is 3.49. The molecule has 94 valence electrons. The first kappa shape index (κ1) is 12.4. The lowest BCUT2D eigenvalue weighted by Gasteiger charge is -2.02. The molecule has 0 saturated carbocycles. The summed E-state index contributed by atoms with van der Waals surface area (Å²) in [6.45, 7) is 0.326. The number of nitro benzene ring substituents is 1. The molecule has 1 heterocycles. The molecular weight excluding hydrogens is 259 g/mol. The highest BCUT2D eigenvalue weighted by atomic mass is 32.1. The maximum atomic E-state index is 13.4. The van der Waals surface area contributed by atoms with E-state index in [0.29, 0.717) is 17.4 Å². The Morgan fingerprint density at radius 3 is 2.89 bits per heavy atom. The summed E-state index contributed by atoms with van der Waals surface area (Å²) in [4.78, 5) is 13.8. The largest absolute Gasteiger partial charge is 0.331 e. The number of nitrogens with one attached hydrogen (secondary N) is 1. The summed E-state index contributed by atoms with van der Waals surface area (Å²) in [5.41, 5.74) is 5.99. The van der Waals surface area contributed by atoms with Gasteiger partial charge in [-0.15, -0.1) is 11.3 Å². The van der Waals surface area contributed by atoms with E-state index in [1.807, 2.05) is 0 Å². The van der Waals surface area contributed by atoms with Crippen molar-refractivity contribution in [2.45, 2.75) is 6.54 Å². The Hall–Kier alpha value is -2.06. The quantitative estimate of drug-likeness (QED) is 0.655. The summed E-state index contributed by atoms with van der Waals surface area (Å²) >= 11 is 1.33. The van der Waals surface area contributed by atoms with E-state index in [0.717, 1.165) is 17.8 Å². The second-order valence-corrected chi connectivity index (χ2v) is 4.25. The number of thiazole rings is 1. The highest BCUT2D eigenvalue weighted by Crippen LogP contribution is 2.25. The SMILES string of the molecule is NCc1csc(Nc2ccc([N+](=O)[O-])c(F)c2)n1. The third-order valence-electron chi connectivity index (χ3n) is 2.16. The van der Waals surface area contributed by atoms with Gasteiger partial charge >= 0.3 is 5.69 Å². The molecule has 0 spiro atoms. The molecule has 0 amide bonds. The highest BCUT2D eigenvalue weighted by Gasteiger charge is 2.14. The number of nitro groups is 1. The van der Waals surface area contributed by atoms with Crippen LogP contribution in [-0.2, 0) is 6.54 Å². The molecule has 1 aromatic heterocycles. The predicted octanol–water partition coefficient (Wildman–Crippen LogP) is 2.39. The van der Waals surface area contributed by atoms with Crippen LogP contribution in [-0.4, -0.2) is 9.91 Å². The molecule has 0 bridgehead atoms. The van der Waals surface area contributed by atoms with Crippen molar-refractivity contribution in [2.75, 3.05) is 5.32 Å². The van der Waals surface area contributed by atoms with Crippen molar-refractivity contribution in [3.63, 3.8) is 0 Å². The molecule has 3 N–H and O–H groups in total. The summed E-state index contributed by atoms with van der Waals surface area (Å²) in [7, 11) is 0. The lowest BCUT2D eigenvalue weighted by atomic mass is 10.3. The predicted molar refractivity (Wildman–Crippen MR) is 66.3 cm³/mol. The van der Waals surface area contributed by atoms with Gasteiger partial charge in [0.25, 0.3) is 0 Å². The molecule has 0 saturated heterocycles. The average Bonchev–Trinajstić information content (AvgIpc) is 2.76. The van der Waals surface area contributed by atoms with Gasteiger partial charge < -0.3 is 11.1 Å². The fourth-order valence-corrected chi connectivity index (χ4v) is 2.06. The number of halogens is 1. The highest BCUT2D eigenvalue weighted by molar-refractivity contribution is 7.13. The fourth-order valence-electron chi connectivity index (χ4n) is 1.31. The van der Waals surface area contributed by atoms with Crippen molar-refractivity contribution in [3.05, 3.63) is 45.2 Å². The molecular formula is C10H9FN4O2S. The maximum absolute atomic E-state index is 13.4. The molecule has 6 nitrogen and oxygen atoms in total. The van der Waals surface area contributed by atoms with Crippen LogP contribution in [0.1, 0.15) is 5.69 Å². The zero-order valence-corrected chi connectivity index (χ0v) is 9.91. The van der Waals surface area contributed by atoms with Crippen molar-refractivity contribution in [2.24, 2.45) is 5.73 Å². The number of hydrogen-bond acceptors (Lipinski definition) is 6. The summed E-state index contributed by atoms with van der Waals surface area (Å²) in [5.74, 6) is -0.888. The normalized spacial score (nSPS) is 10.3. The van der Waals surface area contributed by atoms with E-state index in [-0.39, 0.29) is 0 Å². The lowest BCUT2D eigenvalue weighted by Crippen LogP contribution is -1.98. The van der Waals surface area contributed by atoms with E-state index >= 15 is 0 Å². The molecule has 2 aromatic rings. The van der Waals surface area contributed by atoms with Crippen molar-refractivity contribution >= 4 is 27.8 Å². The van der Waals surface area contributed by atoms with Gasteiger partial charge in [0, 0.05) is 29.7 Å². The van der Waals surface area contributed by atoms with Crippen LogP contribution in [0.4, 0.5) is 20.9 Å². The Morgan fingerprint density at radius 2 is 2.33 bits per heavy atom. The van der Waals surface area contributed by atoms with Gasteiger partial charge in [-0.05, 0) is 6.07 Å². The average molecular weight is 268 g/mol. The summed E-state index contributed by atoms with van der Waals surface area (Å²) < 4.78 is 13.4. The topological polar surface area (TPSA) is 94.1 Å². The van der Waals surface area contributed by atoms with Crippen molar-refractivity contribution in [1.29, 1.82) is 0 Å². The minimum absolute atomic E-state index is 0.326. The van der Waals surface area contributed by atoms with Gasteiger partial charge in [-0.3, -0.25) is 10.1 Å². The molecule has 0 atom stereocenters. The number of hydrogen-bond donors (Lipinski definition) is 2. The van der Waals surface area contributed by atoms with Crippen LogP contribution in [0.3, 0.4) is 0 Å². The summed E-state index contributed by atoms with van der Waals surface area (Å²) in [6, 6.07) is 3.58. The molecule has 0 fully saturated rings. The van der Waals surface area contributed by atoms with Crippen LogP contribution in [0.2, 0.25) is 0 Å². The molecule has 0 aliphatic rings. The smallest absolute Gasteiger partial charge is 0.304 e. The number of rotatable bonds is 4. The zero-order valence-electron chi connectivity index (χ0n) is 9.09. The van der Waals surface area contributed by atoms with Gasteiger partial charge in [0.05, 0.1) is 10.6 Å². The van der Waals surface area contributed by atoms with Crippen LogP contribution in [0.25, 0.3) is 0 Å². The lowest BCUT2D eigenvalue weighted by molar-refractivity contribution is -0.387. The van der Waals surface area contributed by atoms with Crippen LogP contribution < -0.4 is 11.1 Å². The molecule has 1 aromatic carbocycles. The first-order valence-corrected chi connectivity index (χ1v) is 5.83. The van der Waals surface area contributed by atoms with Crippen molar-refractivity contribution < 1.29 is 9.31 Å². The molecule has 0 aliphatic carbocycles. The minimum atomic E-state index is -0.888. The molecule has 0 aliphatic heterocycles. The first-order valence-electron chi connectivity index (χ1n) is 4.95. The first-order chi connectivity index (χ1) is 8.60. The molecule has 0 unspecified atom stereocenters. The van der Waals surface area contributed by atoms with E-state index in [4.69, 9.17) is 5.73 Å². The van der Waals surface area contributed by atoms with Gasteiger partial charge in [0.2, 0.25) is 5.82 Å². The number of anilines is 2. The molecule has 2 rings (SSSR count). The third-order valence-corrected chi connectivity index (χ3v) is 2.96. The van der Waals surface area contributed by atoms with E-state index in [1.54, 1.807) is 5.38 Å². The zero-order chi connectivity index (χ0) is 13.1. The maximum Gasteiger partial charge on any atom is 0.304 e. The van der Waals surface area contributed by atoms with E-state index in [2.05, 4.69) is 10.3 Å². The monoisotopic (exact) mass is 268 g/mol. The van der Waals surface area contributed by atoms with Crippen molar-refractivity contribution in [3.8, 4) is 0 Å². The van der Waals surface area contributed by atoms with Crippen molar-refractivity contribution in [1.82, 2.24) is 4.98 Å². The van der Waals surface area contributed by atoms with Gasteiger partial charge in [-0.2, -0.15) is 4.39 Å². The second kappa shape index (κ2) is 5.07. The molecule has 8 heteroatoms. The van der Waals surface area contributed by atoms with Crippen LogP contribution in [0, 0.1) is 15.9 Å². The van der Waals surface area contributed by atoms with Crippen LogP contribution in [0.5, 0.6) is 0 Å². The summed E-state index contributed by atoms with van der Waals surface area (Å²) in [6.07, 6.45) is 0. The number of nitrogens with two attached hydrogens (primary N) is 1. The van der Waals surface area contributed by atoms with E-state index in [1.165, 1.54) is 17.4 Å². The van der Waals surface area contributed by atoms with E-state index in [9.17, 15) is 14.5 Å². The van der Waals surface area contributed by atoms with Gasteiger partial charge in [0.1, 0.15) is 0 Å². The minimum Gasteiger partial charge on any atom is -0.331 e. The summed E-state index contributed by atoms with van der Waals surface area (Å²) in [5, 5.41) is 15.7. The van der Waals surface area contributed by atoms with E-state index < -0.39 is 16.4 Å². The Morgan fingerprint density at radius 1 is 1.56 bits per heavy atom.